The first kappa shape index (κ1) is 13.6. The minimum absolute atomic E-state index is 0.396. The molecule has 1 aliphatic carbocycles. The number of nitrogens with one attached hydrogen (secondary N) is 1. The Morgan fingerprint density at radius 2 is 1.78 bits per heavy atom. The van der Waals surface area contributed by atoms with E-state index in [4.69, 9.17) is 0 Å². The molecule has 0 heterocycles. The molecule has 0 bridgehead atoms. The molecule has 0 spiro atoms. The Morgan fingerprint density at radius 3 is 2.17 bits per heavy atom. The Hall–Kier alpha value is -0.820. The normalized spacial score (nSPS) is 19.6. The first-order valence-electron chi connectivity index (χ1n) is 7.33. The molecule has 1 fully saturated rings. The predicted molar refractivity (Wildman–Crippen MR) is 79.0 cm³/mol. The zero-order chi connectivity index (χ0) is 13.2. The fourth-order valence-corrected chi connectivity index (χ4v) is 3.37. The number of hydrogen-bond donors (Lipinski definition) is 1. The van der Waals surface area contributed by atoms with E-state index in [1.165, 1.54) is 31.2 Å². The Bertz CT molecular complexity index is 373. The lowest BCUT2D eigenvalue weighted by Gasteiger charge is -2.49. The second-order valence-electron chi connectivity index (χ2n) is 6.35. The molecule has 1 heteroatoms. The average molecular weight is 245 g/mol. The summed E-state index contributed by atoms with van der Waals surface area (Å²) in [6.07, 6.45) is 5.33. The van der Waals surface area contributed by atoms with Gasteiger partial charge in [-0.1, -0.05) is 50.1 Å². The lowest BCUT2D eigenvalue weighted by atomic mass is 9.59. The van der Waals surface area contributed by atoms with E-state index in [-0.39, 0.29) is 0 Å². The van der Waals surface area contributed by atoms with E-state index in [9.17, 15) is 0 Å². The third-order valence-corrected chi connectivity index (χ3v) is 4.59. The molecule has 1 aliphatic rings. The van der Waals surface area contributed by atoms with Crippen LogP contribution < -0.4 is 5.32 Å². The lowest BCUT2D eigenvalue weighted by molar-refractivity contribution is 0.157. The van der Waals surface area contributed by atoms with Crippen LogP contribution in [0.25, 0.3) is 0 Å². The zero-order valence-electron chi connectivity index (χ0n) is 12.3. The van der Waals surface area contributed by atoms with Gasteiger partial charge in [-0.15, -0.1) is 0 Å². The molecule has 0 radical (unpaired) electrons. The molecular formula is C17H27N. The number of rotatable bonds is 5. The molecule has 0 aromatic heterocycles. The first-order valence-corrected chi connectivity index (χ1v) is 7.33. The SMILES string of the molecule is CN[C@@H](CC(C)C)C1(c2ccc(C)cc2)CCC1. The third kappa shape index (κ3) is 2.47. The molecule has 1 nitrogen and oxygen atoms in total. The maximum atomic E-state index is 3.59. The van der Waals surface area contributed by atoms with Gasteiger partial charge in [0.25, 0.3) is 0 Å². The van der Waals surface area contributed by atoms with Crippen molar-refractivity contribution in [2.45, 2.75) is 57.9 Å². The van der Waals surface area contributed by atoms with Crippen molar-refractivity contribution >= 4 is 0 Å². The summed E-state index contributed by atoms with van der Waals surface area (Å²) in [7, 11) is 2.13. The molecule has 1 aromatic rings. The van der Waals surface area contributed by atoms with E-state index in [1.54, 1.807) is 5.56 Å². The maximum Gasteiger partial charge on any atom is 0.0163 e. The van der Waals surface area contributed by atoms with Crippen LogP contribution in [0.1, 0.15) is 50.7 Å². The molecule has 2 rings (SSSR count). The summed E-state index contributed by atoms with van der Waals surface area (Å²) in [5.74, 6) is 0.755. The summed E-state index contributed by atoms with van der Waals surface area (Å²) >= 11 is 0. The zero-order valence-corrected chi connectivity index (χ0v) is 12.3. The van der Waals surface area contributed by atoms with Crippen LogP contribution >= 0.6 is 0 Å². The molecule has 0 aliphatic heterocycles. The minimum Gasteiger partial charge on any atom is -0.316 e. The number of aryl methyl sites for hydroxylation is 1. The second kappa shape index (κ2) is 5.44. The van der Waals surface area contributed by atoms with Gasteiger partial charge in [0.15, 0.2) is 0 Å². The van der Waals surface area contributed by atoms with Gasteiger partial charge in [-0.3, -0.25) is 0 Å². The van der Waals surface area contributed by atoms with Crippen LogP contribution in [0.4, 0.5) is 0 Å². The van der Waals surface area contributed by atoms with E-state index >= 15 is 0 Å². The van der Waals surface area contributed by atoms with Gasteiger partial charge in [0.2, 0.25) is 0 Å². The van der Waals surface area contributed by atoms with Gasteiger partial charge < -0.3 is 5.32 Å². The van der Waals surface area contributed by atoms with Crippen molar-refractivity contribution in [3.05, 3.63) is 35.4 Å². The van der Waals surface area contributed by atoms with Gasteiger partial charge in [0.05, 0.1) is 0 Å². The van der Waals surface area contributed by atoms with Crippen LogP contribution in [0.2, 0.25) is 0 Å². The van der Waals surface area contributed by atoms with Crippen molar-refractivity contribution in [1.29, 1.82) is 0 Å². The highest BCUT2D eigenvalue weighted by Gasteiger charge is 2.44. The Morgan fingerprint density at radius 1 is 1.17 bits per heavy atom. The van der Waals surface area contributed by atoms with Crippen LogP contribution in [0.3, 0.4) is 0 Å². The van der Waals surface area contributed by atoms with Crippen LogP contribution in [-0.4, -0.2) is 13.1 Å². The standard InChI is InChI=1S/C17H27N/c1-13(2)12-16(18-4)17(10-5-11-17)15-8-6-14(3)7-9-15/h6-9,13,16,18H,5,10-12H2,1-4H3/t16-/m0/s1. The summed E-state index contributed by atoms with van der Waals surface area (Å²) in [4.78, 5) is 0. The highest BCUT2D eigenvalue weighted by atomic mass is 14.9. The van der Waals surface area contributed by atoms with E-state index < -0.39 is 0 Å². The topological polar surface area (TPSA) is 12.0 Å². The summed E-state index contributed by atoms with van der Waals surface area (Å²) < 4.78 is 0. The Labute approximate surface area is 112 Å². The first-order chi connectivity index (χ1) is 8.58. The molecule has 18 heavy (non-hydrogen) atoms. The molecule has 1 N–H and O–H groups in total. The Kier molecular flexibility index (Phi) is 4.11. The summed E-state index contributed by atoms with van der Waals surface area (Å²) in [6, 6.07) is 9.83. The van der Waals surface area contributed by atoms with Crippen LogP contribution in [0.15, 0.2) is 24.3 Å². The number of hydrogen-bond acceptors (Lipinski definition) is 1. The van der Waals surface area contributed by atoms with Gasteiger partial charge in [0.1, 0.15) is 0 Å². The number of likely N-dealkylation sites (N-methyl/N-ethyl adjacent to an activating group) is 1. The molecular weight excluding hydrogens is 218 g/mol. The monoisotopic (exact) mass is 245 g/mol. The fourth-order valence-electron chi connectivity index (χ4n) is 3.37. The van der Waals surface area contributed by atoms with E-state index in [1.807, 2.05) is 0 Å². The van der Waals surface area contributed by atoms with E-state index in [0.29, 0.717) is 11.5 Å². The highest BCUT2D eigenvalue weighted by molar-refractivity contribution is 5.33. The second-order valence-corrected chi connectivity index (χ2v) is 6.35. The average Bonchev–Trinajstić information content (AvgIpc) is 2.28. The quantitative estimate of drug-likeness (QED) is 0.825. The van der Waals surface area contributed by atoms with Gasteiger partial charge in [-0.05, 0) is 44.7 Å². The third-order valence-electron chi connectivity index (χ3n) is 4.59. The van der Waals surface area contributed by atoms with E-state index in [0.717, 1.165) is 5.92 Å². The van der Waals surface area contributed by atoms with Gasteiger partial charge >= 0.3 is 0 Å². The smallest absolute Gasteiger partial charge is 0.0163 e. The van der Waals surface area contributed by atoms with Crippen molar-refractivity contribution in [3.63, 3.8) is 0 Å². The van der Waals surface area contributed by atoms with Crippen molar-refractivity contribution in [3.8, 4) is 0 Å². The summed E-state index contributed by atoms with van der Waals surface area (Å²) in [5, 5.41) is 3.59. The Balaban J connectivity index is 2.26. The number of benzene rings is 1. The largest absolute Gasteiger partial charge is 0.316 e. The fraction of sp³-hybridized carbons (Fsp3) is 0.647. The minimum atomic E-state index is 0.396. The predicted octanol–water partition coefficient (Wildman–Crippen LogP) is 4.05. The molecule has 1 atom stereocenters. The van der Waals surface area contributed by atoms with Gasteiger partial charge in [-0.2, -0.15) is 0 Å². The molecule has 0 unspecified atom stereocenters. The van der Waals surface area contributed by atoms with Crippen molar-refractivity contribution < 1.29 is 0 Å². The van der Waals surface area contributed by atoms with Crippen molar-refractivity contribution in [2.75, 3.05) is 7.05 Å². The summed E-state index contributed by atoms with van der Waals surface area (Å²) in [5.41, 5.74) is 3.30. The molecule has 100 valence electrons. The van der Waals surface area contributed by atoms with Crippen LogP contribution in [0.5, 0.6) is 0 Å². The van der Waals surface area contributed by atoms with Crippen LogP contribution in [-0.2, 0) is 5.41 Å². The van der Waals surface area contributed by atoms with Crippen molar-refractivity contribution in [2.24, 2.45) is 5.92 Å². The van der Waals surface area contributed by atoms with Crippen LogP contribution in [0, 0.1) is 12.8 Å². The van der Waals surface area contributed by atoms with E-state index in [2.05, 4.69) is 57.4 Å². The van der Waals surface area contributed by atoms with Gasteiger partial charge in [0, 0.05) is 11.5 Å². The maximum absolute atomic E-state index is 3.59. The molecule has 0 amide bonds. The summed E-state index contributed by atoms with van der Waals surface area (Å²) in [6.45, 7) is 6.82. The lowest BCUT2D eigenvalue weighted by Crippen LogP contribution is -2.52. The van der Waals surface area contributed by atoms with Gasteiger partial charge in [-0.25, -0.2) is 0 Å². The van der Waals surface area contributed by atoms with Crippen molar-refractivity contribution in [1.82, 2.24) is 5.32 Å². The molecule has 1 aromatic carbocycles. The molecule has 0 saturated heterocycles. The molecule has 1 saturated carbocycles. The highest BCUT2D eigenvalue weighted by Crippen LogP contribution is 2.47.